The van der Waals surface area contributed by atoms with Crippen molar-refractivity contribution in [3.05, 3.63) is 0 Å². The van der Waals surface area contributed by atoms with Gasteiger partial charge >= 0.3 is 0 Å². The summed E-state index contributed by atoms with van der Waals surface area (Å²) in [5, 5.41) is 0. The number of hydrogen-bond donors (Lipinski definition) is 0. The zero-order valence-electron chi connectivity index (χ0n) is 84.8. The molecule has 0 aliphatic heterocycles. The van der Waals surface area contributed by atoms with Gasteiger partial charge in [0, 0.05) is 0 Å². The number of fused-ring (bicyclic) bond motifs is 40. The molecule has 34 rings (SSSR count). The van der Waals surface area contributed by atoms with Crippen molar-refractivity contribution in [3.8, 4) is 0 Å². The summed E-state index contributed by atoms with van der Waals surface area (Å²) in [6, 6.07) is 0. The zero-order chi connectivity index (χ0) is 84.8. The van der Waals surface area contributed by atoms with Crippen molar-refractivity contribution in [1.29, 1.82) is 0 Å². The minimum absolute atomic E-state index is 1.11. The van der Waals surface area contributed by atoms with Gasteiger partial charge in [-0.2, -0.15) is 0 Å². The third-order valence-electron chi connectivity index (χ3n) is 43.7. The van der Waals surface area contributed by atoms with Gasteiger partial charge in [-0.1, -0.05) is 559 Å². The van der Waals surface area contributed by atoms with E-state index in [0.29, 0.717) is 0 Å². The molecule has 722 valence electrons. The quantitative estimate of drug-likeness (QED) is 0.227. The second kappa shape index (κ2) is 57.3. The lowest BCUT2D eigenvalue weighted by atomic mass is 9.65. The normalized spacial score (nSPS) is 42.8. The maximum atomic E-state index is 1.58. The summed E-state index contributed by atoms with van der Waals surface area (Å²) in [7, 11) is 0. The maximum absolute atomic E-state index is 1.58. The van der Waals surface area contributed by atoms with Crippen LogP contribution in [0, 0.1) is 166 Å². The molecule has 0 nitrogen and oxygen atoms in total. The first-order valence-corrected chi connectivity index (χ1v) is 61.8. The lowest BCUT2D eigenvalue weighted by molar-refractivity contribution is 0.116. The molecular formula is C125H222. The molecule has 28 bridgehead atoms. The first kappa shape index (κ1) is 99.5. The maximum Gasteiger partial charge on any atom is -0.0409 e. The molecule has 0 heteroatoms. The zero-order valence-corrected chi connectivity index (χ0v) is 84.8. The van der Waals surface area contributed by atoms with Gasteiger partial charge in [0.15, 0.2) is 0 Å². The average Bonchev–Trinajstić information content (AvgIpc) is 1.51. The minimum atomic E-state index is 1.11. The highest BCUT2D eigenvalue weighted by Crippen LogP contribution is 2.51. The van der Waals surface area contributed by atoms with E-state index >= 15 is 0 Å². The van der Waals surface area contributed by atoms with Gasteiger partial charge in [-0.05, 0) is 230 Å². The Kier molecular flexibility index (Phi) is 45.6. The number of hydrogen-bond acceptors (Lipinski definition) is 0. The predicted octanol–water partition coefficient (Wildman–Crippen LogP) is 41.3. The first-order valence-electron chi connectivity index (χ1n) is 61.8. The lowest BCUT2D eigenvalue weighted by Crippen LogP contribution is -2.28. The summed E-state index contributed by atoms with van der Waals surface area (Å²) in [5.74, 6) is 32.2. The molecule has 0 saturated heterocycles. The van der Waals surface area contributed by atoms with Crippen molar-refractivity contribution >= 4 is 0 Å². The van der Waals surface area contributed by atoms with Crippen molar-refractivity contribution in [2.24, 2.45) is 166 Å². The van der Waals surface area contributed by atoms with E-state index in [-0.39, 0.29) is 0 Å². The molecule has 0 heterocycles. The smallest absolute Gasteiger partial charge is 0.0409 e. The van der Waals surface area contributed by atoms with Crippen LogP contribution in [0.4, 0.5) is 0 Å². The van der Waals surface area contributed by atoms with E-state index in [1.54, 1.807) is 475 Å². The first-order chi connectivity index (χ1) is 61.8. The Morgan fingerprint density at radius 1 is 0.0480 bits per heavy atom. The standard InChI is InChI=1S/C12H22.C11H20.3C10H18.4C9H16.2C8H14.2C7H12.C6H10/c1-2-6-12-9-3-7-11(5-1)8-4-10-12;1-2-5-11-7-3-6-10(4-1)8-9-11;1-3-9-5-2-6-10(4-1)8-7-9;1-2-5-10-7-3-6-9(4-1)8-10;1-2-4-10-7-5-9(3-1)6-8-10;2*1-3-8-5-2-6-9(4-1)7-8;1-2-8-4-6-9(3-1)7-5-8;1-2-4-9-6-5-8(3-1)7-9;1-2-8-5-3-7(1)4-6-8;1-2-7-4-5-8(3-1)6-7;1-2-7-4-3-6(1)5-7;1-2-6-4-7(3-1)5-6;1-2-6-3-5(1)4-6/h11-12H,1-10H2;10-11H,1-9H2;3*9-10H,1-8H2;4*8-9H,1-7H2;2*7-8H,1-6H2;2*6-7H,1-5H2;5-6H,1-4H2. The summed E-state index contributed by atoms with van der Waals surface area (Å²) in [6.07, 6.45) is 151. The Balaban J connectivity index is 0.000000104. The molecule has 0 aromatic carbocycles. The monoisotopic (exact) mass is 1720 g/mol. The van der Waals surface area contributed by atoms with Gasteiger partial charge in [-0.25, -0.2) is 0 Å². The van der Waals surface area contributed by atoms with Crippen LogP contribution < -0.4 is 0 Å². The van der Waals surface area contributed by atoms with Gasteiger partial charge in [-0.3, -0.25) is 0 Å². The Morgan fingerprint density at radius 2 is 0.112 bits per heavy atom. The summed E-state index contributed by atoms with van der Waals surface area (Å²) >= 11 is 0. The summed E-state index contributed by atoms with van der Waals surface area (Å²) in [4.78, 5) is 0. The van der Waals surface area contributed by atoms with Crippen LogP contribution in [0.15, 0.2) is 0 Å². The Bertz CT molecular complexity index is 2370. The fourth-order valence-corrected chi connectivity index (χ4v) is 35.2. The van der Waals surface area contributed by atoms with E-state index in [2.05, 4.69) is 0 Å². The van der Waals surface area contributed by atoms with Crippen molar-refractivity contribution in [2.45, 2.75) is 623 Å². The van der Waals surface area contributed by atoms with Crippen LogP contribution in [0.5, 0.6) is 0 Å². The Labute approximate surface area is 783 Å². The largest absolute Gasteiger partial charge is 0.0530 e. The molecule has 0 spiro atoms. The van der Waals surface area contributed by atoms with E-state index in [0.717, 1.165) is 130 Å². The summed E-state index contributed by atoms with van der Waals surface area (Å²) in [5.41, 5.74) is 0. The molecule has 0 aromatic heterocycles. The van der Waals surface area contributed by atoms with Crippen LogP contribution in [-0.2, 0) is 0 Å². The van der Waals surface area contributed by atoms with Crippen molar-refractivity contribution in [1.82, 2.24) is 0 Å². The van der Waals surface area contributed by atoms with E-state index in [9.17, 15) is 0 Å². The SMILES string of the molecule is C1CC2CC(C1)C2.C1CC2CC1C2.C1CC2CCC(C1)C2.C1CC2CCC(C1)CC2.C1CC2CCC1C2.C1CC2CCC1CC2.C1CC2CCCC(C1)C2.C1CC2CCCC(C1)C2.C1CC2CCCC(C1)CC2.C1CCC2CCC(C1)C2.C1CCC2CCC(C1)CC2.C1CCC2CCCC(C1)C2.C1CCC2CCCC(C1)CC2.C1CCC2CCCC(C1)CCC2. The van der Waals surface area contributed by atoms with Gasteiger partial charge in [0.05, 0.1) is 0 Å². The van der Waals surface area contributed by atoms with Crippen LogP contribution in [0.2, 0.25) is 0 Å². The third kappa shape index (κ3) is 37.1. The van der Waals surface area contributed by atoms with Crippen LogP contribution in [-0.4, -0.2) is 0 Å². The predicted molar refractivity (Wildman–Crippen MR) is 546 cm³/mol. The Morgan fingerprint density at radius 3 is 0.240 bits per heavy atom. The van der Waals surface area contributed by atoms with Gasteiger partial charge in [0.25, 0.3) is 0 Å². The lowest BCUT2D eigenvalue weighted by Gasteiger charge is -2.40. The van der Waals surface area contributed by atoms with Crippen LogP contribution in [0.1, 0.15) is 623 Å². The second-order valence-electron chi connectivity index (χ2n) is 53.2. The summed E-state index contributed by atoms with van der Waals surface area (Å²) in [6.45, 7) is 0. The molecular weight excluding hydrogens is 1500 g/mol. The highest BCUT2D eigenvalue weighted by atomic mass is 14.4. The number of rotatable bonds is 0. The molecule has 125 heavy (non-hydrogen) atoms. The van der Waals surface area contributed by atoms with Crippen LogP contribution in [0.25, 0.3) is 0 Å². The molecule has 34 saturated carbocycles. The van der Waals surface area contributed by atoms with Gasteiger partial charge < -0.3 is 0 Å². The van der Waals surface area contributed by atoms with Crippen molar-refractivity contribution < 1.29 is 0 Å². The highest BCUT2D eigenvalue weighted by molar-refractivity contribution is 4.90. The Hall–Kier alpha value is 0. The van der Waals surface area contributed by atoms with Gasteiger partial charge in [0.1, 0.15) is 0 Å². The fraction of sp³-hybridized carbons (Fsp3) is 1.00. The molecule has 8 atom stereocenters. The molecule has 34 aliphatic rings. The molecule has 34 fully saturated rings. The van der Waals surface area contributed by atoms with Gasteiger partial charge in [0.2, 0.25) is 0 Å². The third-order valence-corrected chi connectivity index (χ3v) is 43.7. The molecule has 0 amide bonds. The summed E-state index contributed by atoms with van der Waals surface area (Å²) < 4.78 is 0. The minimum Gasteiger partial charge on any atom is -0.0530 e. The van der Waals surface area contributed by atoms with E-state index in [1.165, 1.54) is 183 Å². The van der Waals surface area contributed by atoms with Crippen molar-refractivity contribution in [2.75, 3.05) is 0 Å². The van der Waals surface area contributed by atoms with Crippen LogP contribution in [0.3, 0.4) is 0 Å². The van der Waals surface area contributed by atoms with Crippen LogP contribution >= 0.6 is 0 Å². The topological polar surface area (TPSA) is 0 Å². The molecule has 8 unspecified atom stereocenters. The molecule has 0 radical (unpaired) electrons. The van der Waals surface area contributed by atoms with Gasteiger partial charge in [-0.15, -0.1) is 0 Å². The highest BCUT2D eigenvalue weighted by Gasteiger charge is 2.38. The van der Waals surface area contributed by atoms with E-state index in [1.807, 2.05) is 0 Å². The average molecular weight is 1730 g/mol. The second-order valence-corrected chi connectivity index (χ2v) is 53.2. The van der Waals surface area contributed by atoms with E-state index < -0.39 is 0 Å². The molecule has 0 N–H and O–H groups in total. The molecule has 0 aromatic rings. The fourth-order valence-electron chi connectivity index (χ4n) is 35.2. The van der Waals surface area contributed by atoms with Crippen molar-refractivity contribution in [3.63, 3.8) is 0 Å². The van der Waals surface area contributed by atoms with E-state index in [4.69, 9.17) is 0 Å². The molecule has 34 aliphatic carbocycles.